The van der Waals surface area contributed by atoms with E-state index in [-0.39, 0.29) is 12.4 Å². The first-order valence-electron chi connectivity index (χ1n) is 4.00. The molecule has 0 saturated carbocycles. The Balaban J connectivity index is 2.88. The molecular formula is C9H12FNO2. The van der Waals surface area contributed by atoms with E-state index in [1.54, 1.807) is 0 Å². The SMILES string of the molecule is N[C@H](CCO)c1ccc(F)cc1O. The predicted molar refractivity (Wildman–Crippen MR) is 46.7 cm³/mol. The predicted octanol–water partition coefficient (Wildman–Crippen LogP) is 0.913. The molecule has 0 spiro atoms. The van der Waals surface area contributed by atoms with Gasteiger partial charge in [-0.1, -0.05) is 6.07 Å². The molecule has 0 heterocycles. The Hall–Kier alpha value is -1.13. The molecule has 4 N–H and O–H groups in total. The third-order valence-corrected chi connectivity index (χ3v) is 1.83. The van der Waals surface area contributed by atoms with Gasteiger partial charge in [-0.25, -0.2) is 4.39 Å². The zero-order valence-electron chi connectivity index (χ0n) is 7.07. The van der Waals surface area contributed by atoms with Gasteiger partial charge in [-0.05, 0) is 12.5 Å². The number of aromatic hydroxyl groups is 1. The fourth-order valence-corrected chi connectivity index (χ4v) is 1.12. The lowest BCUT2D eigenvalue weighted by Crippen LogP contribution is -2.12. The van der Waals surface area contributed by atoms with Crippen LogP contribution >= 0.6 is 0 Å². The van der Waals surface area contributed by atoms with Crippen molar-refractivity contribution in [2.75, 3.05) is 6.61 Å². The van der Waals surface area contributed by atoms with Crippen molar-refractivity contribution in [1.29, 1.82) is 0 Å². The third kappa shape index (κ3) is 2.40. The standard InChI is InChI=1S/C9H12FNO2/c10-6-1-2-7(9(13)5-6)8(11)3-4-12/h1-2,5,8,12-13H,3-4,11H2/t8-/m1/s1. The Bertz CT molecular complexity index is 291. The van der Waals surface area contributed by atoms with E-state index >= 15 is 0 Å². The number of hydrogen-bond donors (Lipinski definition) is 3. The van der Waals surface area contributed by atoms with E-state index < -0.39 is 11.9 Å². The molecule has 0 fully saturated rings. The molecule has 13 heavy (non-hydrogen) atoms. The Kier molecular flexibility index (Phi) is 3.22. The summed E-state index contributed by atoms with van der Waals surface area (Å²) in [5, 5.41) is 17.9. The molecule has 0 radical (unpaired) electrons. The van der Waals surface area contributed by atoms with Crippen molar-refractivity contribution in [3.63, 3.8) is 0 Å². The Morgan fingerprint density at radius 2 is 2.15 bits per heavy atom. The number of hydrogen-bond acceptors (Lipinski definition) is 3. The van der Waals surface area contributed by atoms with E-state index in [1.807, 2.05) is 0 Å². The van der Waals surface area contributed by atoms with Crippen LogP contribution in [0.15, 0.2) is 18.2 Å². The summed E-state index contributed by atoms with van der Waals surface area (Å²) in [5.41, 5.74) is 6.07. The van der Waals surface area contributed by atoms with Crippen LogP contribution in [0.1, 0.15) is 18.0 Å². The molecular weight excluding hydrogens is 173 g/mol. The largest absolute Gasteiger partial charge is 0.508 e. The van der Waals surface area contributed by atoms with Gasteiger partial charge in [0.2, 0.25) is 0 Å². The van der Waals surface area contributed by atoms with Crippen molar-refractivity contribution < 1.29 is 14.6 Å². The molecule has 72 valence electrons. The molecule has 4 heteroatoms. The monoisotopic (exact) mass is 185 g/mol. The lowest BCUT2D eigenvalue weighted by atomic mass is 10.0. The highest BCUT2D eigenvalue weighted by Crippen LogP contribution is 2.24. The van der Waals surface area contributed by atoms with Gasteiger partial charge in [0, 0.05) is 24.3 Å². The van der Waals surface area contributed by atoms with Crippen LogP contribution in [0.3, 0.4) is 0 Å². The van der Waals surface area contributed by atoms with Crippen LogP contribution in [0.4, 0.5) is 4.39 Å². The highest BCUT2D eigenvalue weighted by molar-refractivity contribution is 5.34. The molecule has 1 aromatic carbocycles. The Morgan fingerprint density at radius 1 is 1.46 bits per heavy atom. The first-order valence-corrected chi connectivity index (χ1v) is 4.00. The minimum Gasteiger partial charge on any atom is -0.508 e. The van der Waals surface area contributed by atoms with Gasteiger partial charge in [0.05, 0.1) is 0 Å². The second-order valence-corrected chi connectivity index (χ2v) is 2.82. The van der Waals surface area contributed by atoms with Crippen molar-refractivity contribution in [2.45, 2.75) is 12.5 Å². The number of rotatable bonds is 3. The number of nitrogens with two attached hydrogens (primary N) is 1. The van der Waals surface area contributed by atoms with E-state index in [0.717, 1.165) is 6.07 Å². The van der Waals surface area contributed by atoms with E-state index in [1.165, 1.54) is 12.1 Å². The van der Waals surface area contributed by atoms with Gasteiger partial charge in [0.25, 0.3) is 0 Å². The molecule has 0 aliphatic heterocycles. The maximum absolute atomic E-state index is 12.5. The van der Waals surface area contributed by atoms with Crippen LogP contribution < -0.4 is 5.73 Å². The zero-order valence-corrected chi connectivity index (χ0v) is 7.07. The molecule has 0 bridgehead atoms. The molecule has 1 atom stereocenters. The van der Waals surface area contributed by atoms with Crippen molar-refractivity contribution in [2.24, 2.45) is 5.73 Å². The van der Waals surface area contributed by atoms with Crippen LogP contribution in [0.2, 0.25) is 0 Å². The quantitative estimate of drug-likeness (QED) is 0.655. The fourth-order valence-electron chi connectivity index (χ4n) is 1.12. The summed E-state index contributed by atoms with van der Waals surface area (Å²) in [7, 11) is 0. The first kappa shape index (κ1) is 9.95. The normalized spacial score (nSPS) is 12.8. The summed E-state index contributed by atoms with van der Waals surface area (Å²) >= 11 is 0. The highest BCUT2D eigenvalue weighted by Gasteiger charge is 2.10. The van der Waals surface area contributed by atoms with Crippen molar-refractivity contribution in [3.05, 3.63) is 29.6 Å². The molecule has 0 saturated heterocycles. The lowest BCUT2D eigenvalue weighted by Gasteiger charge is -2.11. The minimum absolute atomic E-state index is 0.0576. The van der Waals surface area contributed by atoms with Crippen molar-refractivity contribution in [1.82, 2.24) is 0 Å². The number of aliphatic hydroxyl groups is 1. The number of aliphatic hydroxyl groups excluding tert-OH is 1. The summed E-state index contributed by atoms with van der Waals surface area (Å²) in [5.74, 6) is -0.668. The average Bonchev–Trinajstić information content (AvgIpc) is 2.04. The second kappa shape index (κ2) is 4.20. The Morgan fingerprint density at radius 3 is 2.69 bits per heavy atom. The highest BCUT2D eigenvalue weighted by atomic mass is 19.1. The molecule has 0 amide bonds. The molecule has 0 aliphatic rings. The van der Waals surface area contributed by atoms with Gasteiger partial charge in [0.1, 0.15) is 11.6 Å². The third-order valence-electron chi connectivity index (χ3n) is 1.83. The number of halogens is 1. The second-order valence-electron chi connectivity index (χ2n) is 2.82. The average molecular weight is 185 g/mol. The van der Waals surface area contributed by atoms with E-state index in [2.05, 4.69) is 0 Å². The number of benzene rings is 1. The molecule has 0 aliphatic carbocycles. The fraction of sp³-hybridized carbons (Fsp3) is 0.333. The summed E-state index contributed by atoms with van der Waals surface area (Å²) in [4.78, 5) is 0. The van der Waals surface area contributed by atoms with Crippen molar-refractivity contribution >= 4 is 0 Å². The molecule has 1 aromatic rings. The van der Waals surface area contributed by atoms with Gasteiger partial charge < -0.3 is 15.9 Å². The van der Waals surface area contributed by atoms with Gasteiger partial charge >= 0.3 is 0 Å². The summed E-state index contributed by atoms with van der Waals surface area (Å²) in [6.07, 6.45) is 0.346. The Labute approximate surface area is 75.6 Å². The van der Waals surface area contributed by atoms with E-state index in [9.17, 15) is 9.50 Å². The summed E-state index contributed by atoms with van der Waals surface area (Å²) in [6.45, 7) is -0.0576. The van der Waals surface area contributed by atoms with Crippen LogP contribution in [-0.4, -0.2) is 16.8 Å². The van der Waals surface area contributed by atoms with Crippen LogP contribution in [-0.2, 0) is 0 Å². The van der Waals surface area contributed by atoms with Gasteiger partial charge in [-0.15, -0.1) is 0 Å². The first-order chi connectivity index (χ1) is 6.15. The maximum Gasteiger partial charge on any atom is 0.126 e. The summed E-state index contributed by atoms with van der Waals surface area (Å²) in [6, 6.07) is 3.20. The smallest absolute Gasteiger partial charge is 0.126 e. The van der Waals surface area contributed by atoms with Gasteiger partial charge in [-0.2, -0.15) is 0 Å². The molecule has 0 aromatic heterocycles. The van der Waals surface area contributed by atoms with Crippen LogP contribution in [0, 0.1) is 5.82 Å². The number of phenols is 1. The van der Waals surface area contributed by atoms with Crippen molar-refractivity contribution in [3.8, 4) is 5.75 Å². The molecule has 3 nitrogen and oxygen atoms in total. The van der Waals surface area contributed by atoms with Crippen LogP contribution in [0.25, 0.3) is 0 Å². The maximum atomic E-state index is 12.5. The van der Waals surface area contributed by atoms with E-state index in [4.69, 9.17) is 10.8 Å². The summed E-state index contributed by atoms with van der Waals surface area (Å²) < 4.78 is 12.5. The van der Waals surface area contributed by atoms with Gasteiger partial charge in [-0.3, -0.25) is 0 Å². The molecule has 1 rings (SSSR count). The number of phenolic OH excluding ortho intramolecular Hbond substituents is 1. The van der Waals surface area contributed by atoms with Gasteiger partial charge in [0.15, 0.2) is 0 Å². The minimum atomic E-state index is -0.502. The molecule has 0 unspecified atom stereocenters. The zero-order chi connectivity index (χ0) is 9.84. The topological polar surface area (TPSA) is 66.5 Å². The lowest BCUT2D eigenvalue weighted by molar-refractivity contribution is 0.275. The van der Waals surface area contributed by atoms with Crippen LogP contribution in [0.5, 0.6) is 5.75 Å². The van der Waals surface area contributed by atoms with E-state index in [0.29, 0.717) is 12.0 Å².